The molecule has 37 heavy (non-hydrogen) atoms. The summed E-state index contributed by atoms with van der Waals surface area (Å²) in [5, 5.41) is 15.4. The average Bonchev–Trinajstić information content (AvgIpc) is 3.42. The van der Waals surface area contributed by atoms with Crippen LogP contribution in [0.4, 0.5) is 5.69 Å². The summed E-state index contributed by atoms with van der Waals surface area (Å²) in [7, 11) is 0. The number of aromatic nitrogens is 1. The van der Waals surface area contributed by atoms with Crippen LogP contribution in [0.1, 0.15) is 35.8 Å². The number of benzene rings is 3. The minimum absolute atomic E-state index is 0.0447. The van der Waals surface area contributed by atoms with Crippen LogP contribution in [-0.2, 0) is 6.42 Å². The maximum absolute atomic E-state index is 11.3. The molecule has 0 amide bonds. The molecule has 7 nitrogen and oxygen atoms in total. The van der Waals surface area contributed by atoms with Crippen LogP contribution in [0.15, 0.2) is 95.5 Å². The molecule has 0 N–H and O–H groups in total. The van der Waals surface area contributed by atoms with Gasteiger partial charge in [-0.25, -0.2) is 0 Å². The summed E-state index contributed by atoms with van der Waals surface area (Å²) in [6, 6.07) is 30.3. The minimum Gasteiger partial charge on any atom is -0.361 e. The number of nitrogens with zero attached hydrogens (tertiary/aromatic N) is 4. The van der Waals surface area contributed by atoms with Gasteiger partial charge in [0.05, 0.1) is 16.5 Å². The number of para-hydroxylation sites is 1. The van der Waals surface area contributed by atoms with E-state index < -0.39 is 0 Å². The molecule has 0 atom stereocenters. The third kappa shape index (κ3) is 6.13. The molecule has 1 fully saturated rings. The molecule has 1 aliphatic rings. The van der Waals surface area contributed by atoms with Gasteiger partial charge in [0.25, 0.3) is 5.69 Å². The van der Waals surface area contributed by atoms with Gasteiger partial charge in [0.15, 0.2) is 0 Å². The van der Waals surface area contributed by atoms with Gasteiger partial charge in [-0.1, -0.05) is 78.0 Å². The maximum Gasteiger partial charge on any atom is 0.278 e. The van der Waals surface area contributed by atoms with Crippen LogP contribution < -0.4 is 0 Å². The number of nitro benzene ring substituents is 1. The molecule has 1 aliphatic heterocycles. The van der Waals surface area contributed by atoms with E-state index in [1.807, 2.05) is 6.07 Å². The highest BCUT2D eigenvalue weighted by atomic mass is 16.6. The van der Waals surface area contributed by atoms with Crippen molar-refractivity contribution in [3.63, 3.8) is 0 Å². The third-order valence-corrected chi connectivity index (χ3v) is 7.09. The van der Waals surface area contributed by atoms with E-state index in [1.165, 1.54) is 17.2 Å². The fraction of sp³-hybridized carbons (Fsp3) is 0.300. The first-order valence-corrected chi connectivity index (χ1v) is 12.9. The number of aryl methyl sites for hydroxylation is 1. The summed E-state index contributed by atoms with van der Waals surface area (Å²) in [5.74, 6) is 0.770. The lowest BCUT2D eigenvalue weighted by molar-refractivity contribution is -0.384. The van der Waals surface area contributed by atoms with Crippen molar-refractivity contribution >= 4 is 5.69 Å². The summed E-state index contributed by atoms with van der Waals surface area (Å²) in [6.45, 7) is 5.24. The molecule has 190 valence electrons. The van der Waals surface area contributed by atoms with Gasteiger partial charge in [0.1, 0.15) is 11.5 Å². The second-order valence-corrected chi connectivity index (χ2v) is 9.51. The topological polar surface area (TPSA) is 75.7 Å². The highest BCUT2D eigenvalue weighted by Gasteiger charge is 2.26. The second-order valence-electron chi connectivity index (χ2n) is 9.51. The summed E-state index contributed by atoms with van der Waals surface area (Å²) in [5.41, 5.74) is 3.74. The molecule has 5 rings (SSSR count). The van der Waals surface area contributed by atoms with Crippen molar-refractivity contribution in [2.45, 2.75) is 25.3 Å². The third-order valence-electron chi connectivity index (χ3n) is 7.09. The van der Waals surface area contributed by atoms with Crippen molar-refractivity contribution in [1.82, 2.24) is 15.0 Å². The molecule has 4 aromatic rings. The van der Waals surface area contributed by atoms with Gasteiger partial charge < -0.3 is 9.42 Å². The van der Waals surface area contributed by atoms with E-state index in [1.54, 1.807) is 18.2 Å². The lowest BCUT2D eigenvalue weighted by Crippen LogP contribution is -2.48. The molecule has 0 radical (unpaired) electrons. The predicted molar refractivity (Wildman–Crippen MR) is 144 cm³/mol. The van der Waals surface area contributed by atoms with E-state index in [0.717, 1.165) is 57.7 Å². The Bertz CT molecular complexity index is 1240. The Kier molecular flexibility index (Phi) is 8.03. The van der Waals surface area contributed by atoms with Crippen molar-refractivity contribution < 1.29 is 9.45 Å². The fourth-order valence-electron chi connectivity index (χ4n) is 5.17. The molecule has 0 saturated carbocycles. The van der Waals surface area contributed by atoms with Crippen LogP contribution in [0.2, 0.25) is 0 Å². The molecule has 0 unspecified atom stereocenters. The van der Waals surface area contributed by atoms with Crippen LogP contribution in [0.3, 0.4) is 0 Å². The fourth-order valence-corrected chi connectivity index (χ4v) is 5.17. The Hall–Kier alpha value is -3.81. The van der Waals surface area contributed by atoms with Gasteiger partial charge in [-0.3, -0.25) is 15.0 Å². The summed E-state index contributed by atoms with van der Waals surface area (Å²) >= 11 is 0. The quantitative estimate of drug-likeness (QED) is 0.153. The summed E-state index contributed by atoms with van der Waals surface area (Å²) in [4.78, 5) is 16.1. The zero-order chi connectivity index (χ0) is 25.5. The SMILES string of the molecule is O=[N+]([O-])c1ccccc1-c1cc(CCCCN2CCN(C(c3ccccc3)c3ccccc3)CC2)on1. The van der Waals surface area contributed by atoms with Gasteiger partial charge in [0, 0.05) is 44.7 Å². The molecule has 0 spiro atoms. The molecule has 7 heteroatoms. The number of hydrogen-bond donors (Lipinski definition) is 0. The number of piperazine rings is 1. The predicted octanol–water partition coefficient (Wildman–Crippen LogP) is 5.98. The first kappa shape index (κ1) is 24.9. The van der Waals surface area contributed by atoms with Gasteiger partial charge in [-0.15, -0.1) is 0 Å². The Morgan fingerprint density at radius 1 is 0.838 bits per heavy atom. The molecule has 1 aromatic heterocycles. The Morgan fingerprint density at radius 2 is 1.46 bits per heavy atom. The second kappa shape index (κ2) is 12.0. The van der Waals surface area contributed by atoms with Crippen molar-refractivity contribution in [1.29, 1.82) is 0 Å². The standard InChI is InChI=1S/C30H32N4O3/c35-34(36)29-17-8-7-16-27(29)28-23-26(37-31-28)15-9-10-18-32-19-21-33(22-20-32)30(24-11-3-1-4-12-24)25-13-5-2-6-14-25/h1-8,11-14,16-17,23,30H,9-10,15,18-22H2. The van der Waals surface area contributed by atoms with E-state index in [-0.39, 0.29) is 16.7 Å². The monoisotopic (exact) mass is 496 g/mol. The van der Waals surface area contributed by atoms with Gasteiger partial charge in [-0.05, 0) is 36.6 Å². The van der Waals surface area contributed by atoms with Crippen LogP contribution in [-0.4, -0.2) is 52.6 Å². The molecule has 1 saturated heterocycles. The highest BCUT2D eigenvalue weighted by Crippen LogP contribution is 2.30. The van der Waals surface area contributed by atoms with E-state index in [2.05, 4.69) is 75.6 Å². The van der Waals surface area contributed by atoms with Gasteiger partial charge in [0.2, 0.25) is 0 Å². The molecule has 3 aromatic carbocycles. The van der Waals surface area contributed by atoms with Gasteiger partial charge in [-0.2, -0.15) is 0 Å². The van der Waals surface area contributed by atoms with Crippen molar-refractivity contribution in [2.75, 3.05) is 32.7 Å². The zero-order valence-electron chi connectivity index (χ0n) is 20.9. The van der Waals surface area contributed by atoms with Crippen molar-refractivity contribution in [3.8, 4) is 11.3 Å². The van der Waals surface area contributed by atoms with Crippen molar-refractivity contribution in [2.24, 2.45) is 0 Å². The normalized spacial score (nSPS) is 14.7. The Labute approximate surface area is 217 Å². The zero-order valence-corrected chi connectivity index (χ0v) is 20.9. The molecule has 0 bridgehead atoms. The lowest BCUT2D eigenvalue weighted by Gasteiger charge is -2.39. The van der Waals surface area contributed by atoms with Crippen LogP contribution in [0.25, 0.3) is 11.3 Å². The molecule has 0 aliphatic carbocycles. The van der Waals surface area contributed by atoms with Crippen LogP contribution in [0.5, 0.6) is 0 Å². The van der Waals surface area contributed by atoms with Crippen molar-refractivity contribution in [3.05, 3.63) is 118 Å². The molecular formula is C30H32N4O3. The van der Waals surface area contributed by atoms with Gasteiger partial charge >= 0.3 is 0 Å². The Balaban J connectivity index is 1.11. The van der Waals surface area contributed by atoms with Crippen LogP contribution >= 0.6 is 0 Å². The molecular weight excluding hydrogens is 464 g/mol. The molecule has 2 heterocycles. The largest absolute Gasteiger partial charge is 0.361 e. The Morgan fingerprint density at radius 3 is 2.11 bits per heavy atom. The number of hydrogen-bond acceptors (Lipinski definition) is 6. The van der Waals surface area contributed by atoms with E-state index in [9.17, 15) is 10.1 Å². The number of rotatable bonds is 10. The smallest absolute Gasteiger partial charge is 0.278 e. The summed E-state index contributed by atoms with van der Waals surface area (Å²) in [6.07, 6.45) is 2.84. The minimum atomic E-state index is -0.384. The first-order valence-electron chi connectivity index (χ1n) is 12.9. The van der Waals surface area contributed by atoms with E-state index in [0.29, 0.717) is 11.3 Å². The number of nitro groups is 1. The first-order chi connectivity index (χ1) is 18.2. The maximum atomic E-state index is 11.3. The highest BCUT2D eigenvalue weighted by molar-refractivity contribution is 5.70. The average molecular weight is 497 g/mol. The van der Waals surface area contributed by atoms with E-state index in [4.69, 9.17) is 4.52 Å². The summed E-state index contributed by atoms with van der Waals surface area (Å²) < 4.78 is 5.48. The lowest BCUT2D eigenvalue weighted by atomic mass is 9.96. The van der Waals surface area contributed by atoms with E-state index >= 15 is 0 Å². The number of unbranched alkanes of at least 4 members (excludes halogenated alkanes) is 1. The van der Waals surface area contributed by atoms with Crippen LogP contribution in [0, 0.1) is 10.1 Å².